The first kappa shape index (κ1) is 11.5. The van der Waals surface area contributed by atoms with E-state index in [0.717, 1.165) is 11.3 Å². The van der Waals surface area contributed by atoms with Crippen LogP contribution in [-0.4, -0.2) is 15.2 Å². The van der Waals surface area contributed by atoms with E-state index in [4.69, 9.17) is 11.6 Å². The first-order valence-electron chi connectivity index (χ1n) is 5.01. The molecule has 0 aliphatic heterocycles. The lowest BCUT2D eigenvalue weighted by Gasteiger charge is -2.08. The molecule has 3 N–H and O–H groups in total. The minimum absolute atomic E-state index is 0.131. The number of aromatic nitrogens is 1. The lowest BCUT2D eigenvalue weighted by molar-refractivity contribution is 0.403. The summed E-state index contributed by atoms with van der Waals surface area (Å²) >= 11 is 5.96. The van der Waals surface area contributed by atoms with Crippen LogP contribution >= 0.6 is 11.6 Å². The van der Waals surface area contributed by atoms with Gasteiger partial charge < -0.3 is 15.5 Å². The molecule has 5 heteroatoms. The number of nitrogens with zero attached hydrogens (tertiary/aromatic N) is 1. The third-order valence-electron chi connectivity index (χ3n) is 2.29. The Morgan fingerprint density at radius 2 is 2.00 bits per heavy atom. The molecule has 0 aliphatic carbocycles. The maximum absolute atomic E-state index is 9.34. The second-order valence-electron chi connectivity index (χ2n) is 3.53. The summed E-state index contributed by atoms with van der Waals surface area (Å²) < 4.78 is 0. The van der Waals surface area contributed by atoms with Gasteiger partial charge in [-0.15, -0.1) is 0 Å². The van der Waals surface area contributed by atoms with Crippen molar-refractivity contribution >= 4 is 17.3 Å². The second-order valence-corrected chi connectivity index (χ2v) is 3.94. The molecule has 17 heavy (non-hydrogen) atoms. The van der Waals surface area contributed by atoms with Crippen LogP contribution in [0.4, 0.5) is 5.69 Å². The van der Waals surface area contributed by atoms with E-state index in [2.05, 4.69) is 10.3 Å². The molecule has 0 saturated heterocycles. The Morgan fingerprint density at radius 3 is 2.71 bits per heavy atom. The summed E-state index contributed by atoms with van der Waals surface area (Å²) in [6.45, 7) is 0.485. The van der Waals surface area contributed by atoms with Crippen molar-refractivity contribution in [3.05, 3.63) is 47.2 Å². The highest BCUT2D eigenvalue weighted by Gasteiger charge is 2.02. The van der Waals surface area contributed by atoms with Crippen LogP contribution in [0.3, 0.4) is 0 Å². The van der Waals surface area contributed by atoms with Crippen LogP contribution < -0.4 is 5.32 Å². The van der Waals surface area contributed by atoms with Gasteiger partial charge in [-0.3, -0.25) is 4.98 Å². The maximum Gasteiger partial charge on any atom is 0.157 e. The molecular formula is C12H11ClN2O2. The van der Waals surface area contributed by atoms with Crippen molar-refractivity contribution in [2.45, 2.75) is 6.54 Å². The van der Waals surface area contributed by atoms with E-state index in [9.17, 15) is 10.2 Å². The summed E-state index contributed by atoms with van der Waals surface area (Å²) in [5, 5.41) is 22.2. The van der Waals surface area contributed by atoms with Crippen molar-refractivity contribution in [1.29, 1.82) is 0 Å². The highest BCUT2D eigenvalue weighted by molar-refractivity contribution is 6.33. The fourth-order valence-corrected chi connectivity index (χ4v) is 1.56. The molecule has 2 rings (SSSR count). The van der Waals surface area contributed by atoms with Crippen molar-refractivity contribution in [3.63, 3.8) is 0 Å². The van der Waals surface area contributed by atoms with Gasteiger partial charge in [0.05, 0.1) is 16.9 Å². The number of nitrogens with one attached hydrogen (secondary N) is 1. The molecule has 1 aromatic carbocycles. The van der Waals surface area contributed by atoms with E-state index in [1.807, 2.05) is 0 Å². The van der Waals surface area contributed by atoms with Crippen LogP contribution in [0.1, 0.15) is 5.56 Å². The van der Waals surface area contributed by atoms with Crippen LogP contribution in [0.5, 0.6) is 11.5 Å². The Morgan fingerprint density at radius 1 is 1.18 bits per heavy atom. The number of benzene rings is 1. The SMILES string of the molecule is Oc1ccc(CNc2cnccc2Cl)cc1O. The van der Waals surface area contributed by atoms with E-state index in [1.54, 1.807) is 24.5 Å². The van der Waals surface area contributed by atoms with Gasteiger partial charge in [0.1, 0.15) is 0 Å². The van der Waals surface area contributed by atoms with Crippen molar-refractivity contribution in [2.75, 3.05) is 5.32 Å². The van der Waals surface area contributed by atoms with Gasteiger partial charge >= 0.3 is 0 Å². The van der Waals surface area contributed by atoms with Gasteiger partial charge in [0.25, 0.3) is 0 Å². The smallest absolute Gasteiger partial charge is 0.157 e. The van der Waals surface area contributed by atoms with Crippen molar-refractivity contribution in [1.82, 2.24) is 4.98 Å². The fraction of sp³-hybridized carbons (Fsp3) is 0.0833. The van der Waals surface area contributed by atoms with Crippen molar-refractivity contribution in [3.8, 4) is 11.5 Å². The summed E-state index contributed by atoms with van der Waals surface area (Å²) in [5.74, 6) is -0.269. The van der Waals surface area contributed by atoms with Gasteiger partial charge in [-0.1, -0.05) is 17.7 Å². The summed E-state index contributed by atoms with van der Waals surface area (Å²) in [7, 11) is 0. The van der Waals surface area contributed by atoms with Crippen LogP contribution in [0.25, 0.3) is 0 Å². The van der Waals surface area contributed by atoms with Gasteiger partial charge in [-0.2, -0.15) is 0 Å². The molecule has 1 aromatic heterocycles. The van der Waals surface area contributed by atoms with Crippen LogP contribution in [-0.2, 0) is 6.54 Å². The van der Waals surface area contributed by atoms with E-state index in [-0.39, 0.29) is 11.5 Å². The van der Waals surface area contributed by atoms with E-state index in [1.165, 1.54) is 12.1 Å². The van der Waals surface area contributed by atoms with E-state index in [0.29, 0.717) is 11.6 Å². The zero-order valence-electron chi connectivity index (χ0n) is 8.89. The normalized spacial score (nSPS) is 10.2. The molecule has 0 saturated carbocycles. The molecule has 4 nitrogen and oxygen atoms in total. The number of phenolic OH excluding ortho intramolecular Hbond substituents is 2. The van der Waals surface area contributed by atoms with Crippen molar-refractivity contribution in [2.24, 2.45) is 0 Å². The number of halogens is 1. The third-order valence-corrected chi connectivity index (χ3v) is 2.62. The molecule has 0 aliphatic rings. The highest BCUT2D eigenvalue weighted by Crippen LogP contribution is 2.26. The third kappa shape index (κ3) is 2.79. The number of aromatic hydroxyl groups is 2. The summed E-state index contributed by atoms with van der Waals surface area (Å²) in [4.78, 5) is 3.95. The summed E-state index contributed by atoms with van der Waals surface area (Å²) in [5.41, 5.74) is 1.56. The van der Waals surface area contributed by atoms with Crippen LogP contribution in [0, 0.1) is 0 Å². The Bertz CT molecular complexity index is 532. The highest BCUT2D eigenvalue weighted by atomic mass is 35.5. The average Bonchev–Trinajstić information content (AvgIpc) is 2.32. The minimum Gasteiger partial charge on any atom is -0.504 e. The standard InChI is InChI=1S/C12H11ClN2O2/c13-9-3-4-14-7-10(9)15-6-8-1-2-11(16)12(17)5-8/h1-5,7,15-17H,6H2. The van der Waals surface area contributed by atoms with Crippen LogP contribution in [0.2, 0.25) is 5.02 Å². The number of hydrogen-bond donors (Lipinski definition) is 3. The zero-order valence-corrected chi connectivity index (χ0v) is 9.65. The molecule has 0 amide bonds. The number of pyridine rings is 1. The number of phenols is 2. The van der Waals surface area contributed by atoms with Gasteiger partial charge in [0.2, 0.25) is 0 Å². The Kier molecular flexibility index (Phi) is 3.35. The Hall–Kier alpha value is -1.94. The predicted molar refractivity (Wildman–Crippen MR) is 66.3 cm³/mol. The number of rotatable bonds is 3. The number of hydrogen-bond acceptors (Lipinski definition) is 4. The number of anilines is 1. The summed E-state index contributed by atoms with van der Waals surface area (Å²) in [6.07, 6.45) is 3.24. The monoisotopic (exact) mass is 250 g/mol. The van der Waals surface area contributed by atoms with Gasteiger partial charge in [-0.05, 0) is 23.8 Å². The molecule has 2 aromatic rings. The largest absolute Gasteiger partial charge is 0.504 e. The topological polar surface area (TPSA) is 65.4 Å². The van der Waals surface area contributed by atoms with Gasteiger partial charge in [-0.25, -0.2) is 0 Å². The molecule has 0 radical (unpaired) electrons. The molecule has 0 spiro atoms. The lowest BCUT2D eigenvalue weighted by Crippen LogP contribution is -2.00. The average molecular weight is 251 g/mol. The zero-order chi connectivity index (χ0) is 12.3. The quantitative estimate of drug-likeness (QED) is 0.733. The Balaban J connectivity index is 2.08. The first-order chi connectivity index (χ1) is 8.16. The Labute approximate surface area is 104 Å². The molecule has 88 valence electrons. The molecular weight excluding hydrogens is 240 g/mol. The second kappa shape index (κ2) is 4.93. The lowest BCUT2D eigenvalue weighted by atomic mass is 10.2. The van der Waals surface area contributed by atoms with E-state index >= 15 is 0 Å². The molecule has 1 heterocycles. The molecule has 0 unspecified atom stereocenters. The van der Waals surface area contributed by atoms with Crippen LogP contribution in [0.15, 0.2) is 36.7 Å². The molecule has 0 bridgehead atoms. The van der Waals surface area contributed by atoms with Gasteiger partial charge in [0.15, 0.2) is 11.5 Å². The van der Waals surface area contributed by atoms with Crippen molar-refractivity contribution < 1.29 is 10.2 Å². The van der Waals surface area contributed by atoms with E-state index < -0.39 is 0 Å². The fourth-order valence-electron chi connectivity index (χ4n) is 1.38. The minimum atomic E-state index is -0.137. The molecule has 0 atom stereocenters. The predicted octanol–water partition coefficient (Wildman–Crippen LogP) is 2.76. The first-order valence-corrected chi connectivity index (χ1v) is 5.39. The maximum atomic E-state index is 9.34. The summed E-state index contributed by atoms with van der Waals surface area (Å²) in [6, 6.07) is 6.34. The molecule has 0 fully saturated rings. The van der Waals surface area contributed by atoms with Gasteiger partial charge in [0, 0.05) is 12.7 Å².